The number of rotatable bonds is 3. The Labute approximate surface area is 108 Å². The largest absolute Gasteiger partial charge is 0.459 e. The molecule has 0 atom stereocenters. The standard InChI is InChI=1S/C11H16BNO4S/c1-11(2,3)17-10(14)7-18(15,16)8-4-5-9(12)13-6-8/h4-6H,7,12H2,1-3H3. The number of hydrogen-bond donors (Lipinski definition) is 0. The van der Waals surface area contributed by atoms with Gasteiger partial charge in [-0.1, -0.05) is 0 Å². The summed E-state index contributed by atoms with van der Waals surface area (Å²) in [5.41, 5.74) is 0.0178. The number of sulfone groups is 1. The second-order valence-electron chi connectivity index (χ2n) is 4.98. The van der Waals surface area contributed by atoms with Crippen LogP contribution in [-0.2, 0) is 19.4 Å². The Morgan fingerprint density at radius 2 is 2.00 bits per heavy atom. The average Bonchev–Trinajstić information content (AvgIpc) is 2.13. The molecule has 0 aromatic carbocycles. The topological polar surface area (TPSA) is 73.3 Å². The van der Waals surface area contributed by atoms with Gasteiger partial charge in [-0.3, -0.25) is 9.78 Å². The highest BCUT2D eigenvalue weighted by atomic mass is 32.2. The van der Waals surface area contributed by atoms with Gasteiger partial charge in [0.25, 0.3) is 0 Å². The van der Waals surface area contributed by atoms with Crippen molar-refractivity contribution in [3.8, 4) is 0 Å². The van der Waals surface area contributed by atoms with Gasteiger partial charge in [0.1, 0.15) is 5.60 Å². The first-order chi connectivity index (χ1) is 8.10. The van der Waals surface area contributed by atoms with Crippen LogP contribution in [0.15, 0.2) is 23.2 Å². The van der Waals surface area contributed by atoms with E-state index in [2.05, 4.69) is 4.98 Å². The van der Waals surface area contributed by atoms with Crippen LogP contribution < -0.4 is 5.59 Å². The van der Waals surface area contributed by atoms with Crippen LogP contribution in [0.1, 0.15) is 20.8 Å². The van der Waals surface area contributed by atoms with Gasteiger partial charge in [0.15, 0.2) is 23.4 Å². The van der Waals surface area contributed by atoms with Crippen LogP contribution >= 0.6 is 0 Å². The Hall–Kier alpha value is -1.37. The number of ether oxygens (including phenoxy) is 1. The minimum absolute atomic E-state index is 0.0268. The van der Waals surface area contributed by atoms with Gasteiger partial charge in [0.05, 0.1) is 4.90 Å². The molecule has 0 fully saturated rings. The molecule has 0 aliphatic carbocycles. The van der Waals surface area contributed by atoms with Crippen LogP contribution in [0.5, 0.6) is 0 Å². The van der Waals surface area contributed by atoms with E-state index < -0.39 is 27.2 Å². The molecule has 0 N–H and O–H groups in total. The van der Waals surface area contributed by atoms with E-state index in [4.69, 9.17) is 4.74 Å². The van der Waals surface area contributed by atoms with Crippen molar-refractivity contribution < 1.29 is 17.9 Å². The molecule has 1 aromatic rings. The molecule has 0 saturated heterocycles. The number of hydrogen-bond acceptors (Lipinski definition) is 5. The number of carbonyl (C=O) groups excluding carboxylic acids is 1. The van der Waals surface area contributed by atoms with Crippen molar-refractivity contribution in [2.45, 2.75) is 31.3 Å². The molecule has 7 heteroatoms. The van der Waals surface area contributed by atoms with Gasteiger partial charge < -0.3 is 4.74 Å². The van der Waals surface area contributed by atoms with Gasteiger partial charge in [0, 0.05) is 6.20 Å². The van der Waals surface area contributed by atoms with E-state index >= 15 is 0 Å². The molecule has 0 aliphatic rings. The van der Waals surface area contributed by atoms with Crippen molar-refractivity contribution >= 4 is 29.2 Å². The normalized spacial score (nSPS) is 12.2. The first-order valence-corrected chi connectivity index (χ1v) is 7.13. The van der Waals surface area contributed by atoms with Gasteiger partial charge in [-0.25, -0.2) is 8.42 Å². The summed E-state index contributed by atoms with van der Waals surface area (Å²) in [6.07, 6.45) is 1.25. The third kappa shape index (κ3) is 4.48. The molecule has 0 unspecified atom stereocenters. The Morgan fingerprint density at radius 3 is 2.44 bits per heavy atom. The van der Waals surface area contributed by atoms with Gasteiger partial charge in [-0.2, -0.15) is 0 Å². The lowest BCUT2D eigenvalue weighted by Gasteiger charge is -2.19. The second-order valence-corrected chi connectivity index (χ2v) is 6.97. The molecule has 0 radical (unpaired) electrons. The van der Waals surface area contributed by atoms with Crippen molar-refractivity contribution in [1.29, 1.82) is 0 Å². The molecule has 1 heterocycles. The maximum atomic E-state index is 11.9. The summed E-state index contributed by atoms with van der Waals surface area (Å²) in [6, 6.07) is 3.02. The third-order valence-corrected chi connectivity index (χ3v) is 3.55. The lowest BCUT2D eigenvalue weighted by molar-refractivity contribution is -0.151. The summed E-state index contributed by atoms with van der Waals surface area (Å²) in [4.78, 5) is 15.4. The molecule has 5 nitrogen and oxygen atoms in total. The highest BCUT2D eigenvalue weighted by Gasteiger charge is 2.24. The molecule has 0 amide bonds. The molecule has 0 saturated carbocycles. The molecule has 18 heavy (non-hydrogen) atoms. The quantitative estimate of drug-likeness (QED) is 0.544. The summed E-state index contributed by atoms with van der Waals surface area (Å²) in [5, 5.41) is 0. The summed E-state index contributed by atoms with van der Waals surface area (Å²) in [6.45, 7) is 5.06. The summed E-state index contributed by atoms with van der Waals surface area (Å²) in [5.74, 6) is -1.43. The smallest absolute Gasteiger partial charge is 0.322 e. The maximum absolute atomic E-state index is 11.9. The maximum Gasteiger partial charge on any atom is 0.322 e. The van der Waals surface area contributed by atoms with Gasteiger partial charge >= 0.3 is 5.97 Å². The van der Waals surface area contributed by atoms with E-state index in [0.29, 0.717) is 5.59 Å². The molecule has 0 aliphatic heterocycles. The number of carbonyl (C=O) groups is 1. The Bertz CT molecular complexity index is 531. The summed E-state index contributed by atoms with van der Waals surface area (Å²) in [7, 11) is -1.93. The minimum atomic E-state index is -3.69. The summed E-state index contributed by atoms with van der Waals surface area (Å²) < 4.78 is 28.8. The molecule has 1 rings (SSSR count). The zero-order valence-electron chi connectivity index (χ0n) is 10.9. The number of esters is 1. The lowest BCUT2D eigenvalue weighted by Crippen LogP contribution is -2.28. The van der Waals surface area contributed by atoms with E-state index in [0.717, 1.165) is 0 Å². The second kappa shape index (κ2) is 5.10. The molecule has 98 valence electrons. The van der Waals surface area contributed by atoms with Crippen LogP contribution in [0.2, 0.25) is 0 Å². The molecular weight excluding hydrogens is 253 g/mol. The first-order valence-electron chi connectivity index (χ1n) is 5.47. The number of nitrogens with zero attached hydrogens (tertiary/aromatic N) is 1. The third-order valence-electron chi connectivity index (χ3n) is 1.97. The van der Waals surface area contributed by atoms with Crippen molar-refractivity contribution in [3.63, 3.8) is 0 Å². The van der Waals surface area contributed by atoms with Crippen LogP contribution in [0.25, 0.3) is 0 Å². The van der Waals surface area contributed by atoms with Crippen LogP contribution in [-0.4, -0.2) is 38.6 Å². The van der Waals surface area contributed by atoms with Crippen molar-refractivity contribution in [2.24, 2.45) is 0 Å². The van der Waals surface area contributed by atoms with Crippen molar-refractivity contribution in [2.75, 3.05) is 5.75 Å². The Balaban J connectivity index is 2.83. The Morgan fingerprint density at radius 1 is 1.39 bits per heavy atom. The number of aromatic nitrogens is 1. The number of pyridine rings is 1. The average molecular weight is 269 g/mol. The zero-order valence-corrected chi connectivity index (χ0v) is 11.7. The lowest BCUT2D eigenvalue weighted by atomic mass is 10.1. The highest BCUT2D eigenvalue weighted by Crippen LogP contribution is 2.12. The molecule has 1 aromatic heterocycles. The predicted octanol–water partition coefficient (Wildman–Crippen LogP) is -0.545. The fourth-order valence-electron chi connectivity index (χ4n) is 1.25. The van der Waals surface area contributed by atoms with Crippen molar-refractivity contribution in [1.82, 2.24) is 4.98 Å². The van der Waals surface area contributed by atoms with E-state index in [1.807, 2.05) is 0 Å². The SMILES string of the molecule is Bc1ccc(S(=O)(=O)CC(=O)OC(C)(C)C)cn1. The molecule has 0 bridgehead atoms. The first kappa shape index (κ1) is 14.7. The fourth-order valence-corrected chi connectivity index (χ4v) is 2.27. The summed E-state index contributed by atoms with van der Waals surface area (Å²) >= 11 is 0. The van der Waals surface area contributed by atoms with Gasteiger partial charge in [-0.15, -0.1) is 0 Å². The molecular formula is C11H16BNO4S. The predicted molar refractivity (Wildman–Crippen MR) is 70.3 cm³/mol. The van der Waals surface area contributed by atoms with Crippen LogP contribution in [0.4, 0.5) is 0 Å². The molecule has 0 spiro atoms. The zero-order chi connectivity index (χ0) is 14.0. The van der Waals surface area contributed by atoms with Crippen LogP contribution in [0, 0.1) is 0 Å². The highest BCUT2D eigenvalue weighted by molar-refractivity contribution is 7.92. The van der Waals surface area contributed by atoms with E-state index in [1.165, 1.54) is 12.3 Å². The minimum Gasteiger partial charge on any atom is -0.459 e. The Kier molecular flexibility index (Phi) is 4.16. The van der Waals surface area contributed by atoms with E-state index in [1.54, 1.807) is 34.7 Å². The van der Waals surface area contributed by atoms with Gasteiger partial charge in [0.2, 0.25) is 0 Å². The van der Waals surface area contributed by atoms with Gasteiger partial charge in [-0.05, 0) is 38.5 Å². The van der Waals surface area contributed by atoms with E-state index in [9.17, 15) is 13.2 Å². The van der Waals surface area contributed by atoms with E-state index in [-0.39, 0.29) is 4.90 Å². The van der Waals surface area contributed by atoms with Crippen LogP contribution in [0.3, 0.4) is 0 Å². The van der Waals surface area contributed by atoms with Crippen molar-refractivity contribution in [3.05, 3.63) is 18.3 Å². The fraction of sp³-hybridized carbons (Fsp3) is 0.455. The monoisotopic (exact) mass is 269 g/mol.